The molecule has 0 radical (unpaired) electrons. The Kier molecular flexibility index (Phi) is 12.9. The van der Waals surface area contributed by atoms with Crippen LogP contribution in [0.1, 0.15) is 42.5 Å². The third kappa shape index (κ3) is 11.9. The summed E-state index contributed by atoms with van der Waals surface area (Å²) in [6, 6.07) is 17.1. The first-order valence-corrected chi connectivity index (χ1v) is 15.3. The van der Waals surface area contributed by atoms with E-state index in [1.165, 1.54) is 6.07 Å². The Morgan fingerprint density at radius 3 is 2.24 bits per heavy atom. The van der Waals surface area contributed by atoms with Crippen molar-refractivity contribution in [3.63, 3.8) is 0 Å². The first kappa shape index (κ1) is 34.2. The Morgan fingerprint density at radius 1 is 1.05 bits per heavy atom. The minimum absolute atomic E-state index is 0.0427. The number of anilines is 1. The highest BCUT2D eigenvalue weighted by Gasteiger charge is 2.11. The van der Waals surface area contributed by atoms with E-state index in [1.807, 2.05) is 31.2 Å². The molecular formula is C31H39FN2O7S. The number of hydrogen-bond donors (Lipinski definition) is 3. The molecule has 0 saturated heterocycles. The van der Waals surface area contributed by atoms with Crippen LogP contribution in [0.2, 0.25) is 0 Å². The molecule has 3 aromatic carbocycles. The van der Waals surface area contributed by atoms with E-state index in [9.17, 15) is 22.4 Å². The van der Waals surface area contributed by atoms with E-state index in [4.69, 9.17) is 14.4 Å². The highest BCUT2D eigenvalue weighted by Crippen LogP contribution is 2.32. The molecule has 3 N–H and O–H groups in total. The number of hydrogen-bond acceptors (Lipinski definition) is 6. The standard InChI is InChI=1S/C30H35FN2O4.CH4O3S/c1-5-33(22(4)34)13-14-37-27-15-20(2)30(21(3)16-27)25-8-6-7-23(17-25)19-32-26-11-9-24(28(31)18-26)10-12-29(35)36;1-5(2,3)4/h6-9,11,15-18,32H,5,10,12-14,19H2,1-4H3,(H,35,36);1H3,(H,2,3,4). The zero-order chi connectivity index (χ0) is 31.4. The number of aryl methyl sites for hydroxylation is 3. The largest absolute Gasteiger partial charge is 0.492 e. The van der Waals surface area contributed by atoms with Crippen LogP contribution < -0.4 is 10.1 Å². The van der Waals surface area contributed by atoms with Crippen LogP contribution in [0.25, 0.3) is 11.1 Å². The van der Waals surface area contributed by atoms with Gasteiger partial charge in [-0.15, -0.1) is 0 Å². The molecule has 3 rings (SSSR count). The lowest BCUT2D eigenvalue weighted by Crippen LogP contribution is -2.32. The van der Waals surface area contributed by atoms with Crippen molar-refractivity contribution in [2.45, 2.75) is 47.1 Å². The van der Waals surface area contributed by atoms with Crippen molar-refractivity contribution in [1.82, 2.24) is 4.90 Å². The third-order valence-electron chi connectivity index (χ3n) is 6.34. The van der Waals surface area contributed by atoms with Crippen LogP contribution in [-0.4, -0.2) is 60.8 Å². The molecule has 228 valence electrons. The number of carboxylic acids is 1. The topological polar surface area (TPSA) is 133 Å². The zero-order valence-electron chi connectivity index (χ0n) is 24.6. The van der Waals surface area contributed by atoms with E-state index >= 15 is 0 Å². The first-order valence-electron chi connectivity index (χ1n) is 13.4. The Labute approximate surface area is 247 Å². The van der Waals surface area contributed by atoms with Crippen LogP contribution in [0.4, 0.5) is 10.1 Å². The van der Waals surface area contributed by atoms with Crippen molar-refractivity contribution in [2.24, 2.45) is 0 Å². The van der Waals surface area contributed by atoms with Crippen LogP contribution in [0, 0.1) is 19.7 Å². The number of benzene rings is 3. The maximum atomic E-state index is 14.3. The lowest BCUT2D eigenvalue weighted by Gasteiger charge is -2.20. The summed E-state index contributed by atoms with van der Waals surface area (Å²) in [5, 5.41) is 12.1. The van der Waals surface area contributed by atoms with Crippen LogP contribution in [-0.2, 0) is 32.7 Å². The molecule has 0 unspecified atom stereocenters. The second-order valence-corrected chi connectivity index (χ2v) is 11.3. The molecule has 0 atom stereocenters. The van der Waals surface area contributed by atoms with Crippen LogP contribution in [0.3, 0.4) is 0 Å². The number of aliphatic carboxylic acids is 1. The molecule has 1 amide bonds. The summed E-state index contributed by atoms with van der Waals surface area (Å²) in [5.41, 5.74) is 6.51. The number of rotatable bonds is 12. The van der Waals surface area contributed by atoms with Gasteiger partial charge in [0.1, 0.15) is 18.2 Å². The van der Waals surface area contributed by atoms with Crippen LogP contribution in [0.15, 0.2) is 54.6 Å². The highest BCUT2D eigenvalue weighted by atomic mass is 32.2. The van der Waals surface area contributed by atoms with Crippen LogP contribution in [0.5, 0.6) is 5.75 Å². The van der Waals surface area contributed by atoms with Gasteiger partial charge in [-0.05, 0) is 90.9 Å². The van der Waals surface area contributed by atoms with E-state index in [0.717, 1.165) is 33.6 Å². The Balaban J connectivity index is 0.00000113. The fourth-order valence-corrected chi connectivity index (χ4v) is 4.42. The first-order chi connectivity index (χ1) is 19.7. The number of carbonyl (C=O) groups is 2. The Morgan fingerprint density at radius 2 is 1.69 bits per heavy atom. The van der Waals surface area contributed by atoms with Gasteiger partial charge in [-0.1, -0.05) is 24.3 Å². The number of carboxylic acid groups (broad SMARTS) is 1. The summed E-state index contributed by atoms with van der Waals surface area (Å²) < 4.78 is 46.1. The molecule has 0 heterocycles. The van der Waals surface area contributed by atoms with Gasteiger partial charge >= 0.3 is 5.97 Å². The normalized spacial score (nSPS) is 10.8. The molecule has 42 heavy (non-hydrogen) atoms. The van der Waals surface area contributed by atoms with E-state index in [1.54, 1.807) is 24.0 Å². The molecule has 3 aromatic rings. The molecule has 0 aliphatic rings. The second-order valence-electron chi connectivity index (χ2n) is 9.87. The molecular weight excluding hydrogens is 563 g/mol. The fraction of sp³-hybridized carbons (Fsp3) is 0.355. The Hall–Kier alpha value is -3.96. The molecule has 9 nitrogen and oxygen atoms in total. The lowest BCUT2D eigenvalue weighted by atomic mass is 9.94. The van der Waals surface area contributed by atoms with Gasteiger partial charge in [0.15, 0.2) is 0 Å². The van der Waals surface area contributed by atoms with Gasteiger partial charge in [-0.3, -0.25) is 14.1 Å². The highest BCUT2D eigenvalue weighted by molar-refractivity contribution is 7.85. The van der Waals surface area contributed by atoms with Gasteiger partial charge in [0.05, 0.1) is 12.8 Å². The minimum atomic E-state index is -3.67. The van der Waals surface area contributed by atoms with Crippen molar-refractivity contribution in [3.8, 4) is 16.9 Å². The molecule has 0 fully saturated rings. The van der Waals surface area contributed by atoms with Crippen molar-refractivity contribution in [3.05, 3.63) is 82.7 Å². The van der Waals surface area contributed by atoms with Gasteiger partial charge < -0.3 is 20.1 Å². The van der Waals surface area contributed by atoms with E-state index in [-0.39, 0.29) is 18.7 Å². The summed E-state index contributed by atoms with van der Waals surface area (Å²) in [6.45, 7) is 9.80. The predicted octanol–water partition coefficient (Wildman–Crippen LogP) is 5.49. The van der Waals surface area contributed by atoms with Gasteiger partial charge in [0, 0.05) is 32.1 Å². The Bertz CT molecular complexity index is 1460. The smallest absolute Gasteiger partial charge is 0.303 e. The summed E-state index contributed by atoms with van der Waals surface area (Å²) in [5.74, 6) is -0.523. The lowest BCUT2D eigenvalue weighted by molar-refractivity contribution is -0.137. The number of ether oxygens (including phenoxy) is 1. The third-order valence-corrected chi connectivity index (χ3v) is 6.34. The van der Waals surface area contributed by atoms with E-state index in [2.05, 4.69) is 31.3 Å². The number of likely N-dealkylation sites (N-methyl/N-ethyl adjacent to an activating group) is 1. The molecule has 0 saturated carbocycles. The van der Waals surface area contributed by atoms with Crippen LogP contribution >= 0.6 is 0 Å². The number of carbonyl (C=O) groups excluding carboxylic acids is 1. The molecule has 0 aliphatic heterocycles. The SMILES string of the molecule is CCN(CCOc1cc(C)c(-c2cccc(CNc3ccc(CCC(=O)O)c(F)c3)c2)c(C)c1)C(C)=O.CS(=O)(=O)O. The second kappa shape index (κ2) is 15.9. The van der Waals surface area contributed by atoms with Gasteiger partial charge in [0.2, 0.25) is 5.91 Å². The van der Waals surface area contributed by atoms with Gasteiger partial charge in [0.25, 0.3) is 10.1 Å². The summed E-state index contributed by atoms with van der Waals surface area (Å²) in [7, 11) is -3.67. The summed E-state index contributed by atoms with van der Waals surface area (Å²) >= 11 is 0. The van der Waals surface area contributed by atoms with E-state index < -0.39 is 21.9 Å². The molecule has 0 aliphatic carbocycles. The maximum absolute atomic E-state index is 14.3. The minimum Gasteiger partial charge on any atom is -0.492 e. The molecule has 11 heteroatoms. The quantitative estimate of drug-likeness (QED) is 0.232. The summed E-state index contributed by atoms with van der Waals surface area (Å²) in [4.78, 5) is 24.1. The molecule has 0 aromatic heterocycles. The van der Waals surface area contributed by atoms with Crippen molar-refractivity contribution < 1.29 is 36.8 Å². The monoisotopic (exact) mass is 602 g/mol. The summed E-state index contributed by atoms with van der Waals surface area (Å²) in [6.07, 6.45) is 0.786. The van der Waals surface area contributed by atoms with Gasteiger partial charge in [-0.2, -0.15) is 8.42 Å². The fourth-order valence-electron chi connectivity index (χ4n) is 4.42. The average molecular weight is 603 g/mol. The van der Waals surface area contributed by atoms with Crippen molar-refractivity contribution in [1.29, 1.82) is 0 Å². The molecule has 0 bridgehead atoms. The maximum Gasteiger partial charge on any atom is 0.303 e. The number of amides is 1. The molecule has 0 spiro atoms. The average Bonchev–Trinajstić information content (AvgIpc) is 2.88. The number of halogens is 1. The zero-order valence-corrected chi connectivity index (χ0v) is 25.4. The van der Waals surface area contributed by atoms with Gasteiger partial charge in [-0.25, -0.2) is 4.39 Å². The predicted molar refractivity (Wildman–Crippen MR) is 162 cm³/mol. The van der Waals surface area contributed by atoms with Crippen molar-refractivity contribution >= 4 is 27.7 Å². The number of nitrogens with zero attached hydrogens (tertiary/aromatic N) is 1. The van der Waals surface area contributed by atoms with E-state index in [0.29, 0.717) is 43.7 Å². The van der Waals surface area contributed by atoms with Crippen molar-refractivity contribution in [2.75, 3.05) is 31.3 Å². The number of nitrogens with one attached hydrogen (secondary N) is 1.